The molecule has 0 aliphatic rings. The third kappa shape index (κ3) is 3.21. The molecule has 2 rings (SSSR count). The number of nitro benzene ring substituents is 1. The summed E-state index contributed by atoms with van der Waals surface area (Å²) < 4.78 is 0. The van der Waals surface area contributed by atoms with Crippen molar-refractivity contribution in [3.8, 4) is 0 Å². The van der Waals surface area contributed by atoms with Gasteiger partial charge < -0.3 is 10.2 Å². The van der Waals surface area contributed by atoms with Gasteiger partial charge in [0.2, 0.25) is 0 Å². The molecule has 2 aromatic rings. The van der Waals surface area contributed by atoms with Gasteiger partial charge >= 0.3 is 11.9 Å². The number of nitro groups is 1. The van der Waals surface area contributed by atoms with Crippen LogP contribution in [-0.2, 0) is 0 Å². The van der Waals surface area contributed by atoms with Gasteiger partial charge in [-0.25, -0.2) is 9.59 Å². The smallest absolute Gasteiger partial charge is 0.336 e. The van der Waals surface area contributed by atoms with Crippen molar-refractivity contribution in [2.24, 2.45) is 0 Å². The second-order valence-electron chi connectivity index (χ2n) is 4.50. The average Bonchev–Trinajstić information content (AvgIpc) is 2.53. The summed E-state index contributed by atoms with van der Waals surface area (Å²) in [5.74, 6) is -3.42. The summed E-state index contributed by atoms with van der Waals surface area (Å²) in [7, 11) is 0. The Morgan fingerprint density at radius 2 is 1.39 bits per heavy atom. The van der Waals surface area contributed by atoms with Crippen molar-refractivity contribution in [3.63, 3.8) is 0 Å². The number of aromatic carboxylic acids is 2. The van der Waals surface area contributed by atoms with Crippen LogP contribution in [0.1, 0.15) is 36.6 Å². The van der Waals surface area contributed by atoms with Crippen molar-refractivity contribution in [3.05, 3.63) is 74.8 Å². The van der Waals surface area contributed by atoms with Crippen LogP contribution in [0.5, 0.6) is 0 Å². The van der Waals surface area contributed by atoms with Gasteiger partial charge in [0, 0.05) is 23.3 Å². The largest absolute Gasteiger partial charge is 0.478 e. The van der Waals surface area contributed by atoms with Crippen LogP contribution in [0.4, 0.5) is 5.69 Å². The lowest BCUT2D eigenvalue weighted by molar-refractivity contribution is -0.384. The van der Waals surface area contributed by atoms with Crippen molar-refractivity contribution in [1.82, 2.24) is 0 Å². The van der Waals surface area contributed by atoms with E-state index in [4.69, 9.17) is 10.2 Å². The summed E-state index contributed by atoms with van der Waals surface area (Å²) in [6, 6.07) is 7.65. The number of hydrogen-bond acceptors (Lipinski definition) is 5. The maximum absolute atomic E-state index is 12.4. The zero-order valence-corrected chi connectivity index (χ0v) is 11.4. The molecule has 0 saturated heterocycles. The summed E-state index contributed by atoms with van der Waals surface area (Å²) in [4.78, 5) is 44.5. The van der Waals surface area contributed by atoms with E-state index in [0.29, 0.717) is 0 Å². The molecule has 8 heteroatoms. The van der Waals surface area contributed by atoms with E-state index in [1.54, 1.807) is 0 Å². The Hall–Kier alpha value is -3.55. The first-order valence-electron chi connectivity index (χ1n) is 6.21. The van der Waals surface area contributed by atoms with Gasteiger partial charge in [0.15, 0.2) is 5.78 Å². The van der Waals surface area contributed by atoms with Crippen molar-refractivity contribution < 1.29 is 29.5 Å². The third-order valence-electron chi connectivity index (χ3n) is 3.08. The number of carbonyl (C=O) groups excluding carboxylic acids is 1. The van der Waals surface area contributed by atoms with Gasteiger partial charge in [-0.05, 0) is 30.3 Å². The fourth-order valence-electron chi connectivity index (χ4n) is 1.94. The van der Waals surface area contributed by atoms with Crippen molar-refractivity contribution in [2.75, 3.05) is 0 Å². The SMILES string of the molecule is O=C(O)c1ccc(C(=O)O)c(C(=O)c2ccc([N+](=O)[O-])cc2)c1. The highest BCUT2D eigenvalue weighted by Crippen LogP contribution is 2.19. The van der Waals surface area contributed by atoms with Crippen LogP contribution in [0, 0.1) is 10.1 Å². The van der Waals surface area contributed by atoms with E-state index in [1.807, 2.05) is 0 Å². The zero-order valence-electron chi connectivity index (χ0n) is 11.4. The van der Waals surface area contributed by atoms with Gasteiger partial charge in [-0.2, -0.15) is 0 Å². The average molecular weight is 315 g/mol. The number of nitrogens with zero attached hydrogens (tertiary/aromatic N) is 1. The van der Waals surface area contributed by atoms with Crippen LogP contribution in [0.15, 0.2) is 42.5 Å². The second-order valence-corrected chi connectivity index (χ2v) is 4.50. The molecule has 0 atom stereocenters. The van der Waals surface area contributed by atoms with Gasteiger partial charge in [0.05, 0.1) is 16.1 Å². The fraction of sp³-hybridized carbons (Fsp3) is 0. The Balaban J connectivity index is 2.52. The minimum Gasteiger partial charge on any atom is -0.478 e. The standard InChI is InChI=1S/C15H9NO7/c17-13(8-1-4-10(5-2-8)16(22)23)12-7-9(14(18)19)3-6-11(12)15(20)21/h1-7H,(H,18,19)(H,20,21). The quantitative estimate of drug-likeness (QED) is 0.490. The first-order valence-corrected chi connectivity index (χ1v) is 6.21. The molecule has 0 amide bonds. The first-order chi connectivity index (χ1) is 10.8. The molecule has 8 nitrogen and oxygen atoms in total. The van der Waals surface area contributed by atoms with E-state index in [9.17, 15) is 24.5 Å². The minimum atomic E-state index is -1.38. The zero-order chi connectivity index (χ0) is 17.1. The number of carboxylic acids is 2. The van der Waals surface area contributed by atoms with Gasteiger partial charge in [-0.3, -0.25) is 14.9 Å². The fourth-order valence-corrected chi connectivity index (χ4v) is 1.94. The van der Waals surface area contributed by atoms with Crippen LogP contribution in [0.2, 0.25) is 0 Å². The molecule has 0 aliphatic heterocycles. The Morgan fingerprint density at radius 1 is 0.826 bits per heavy atom. The van der Waals surface area contributed by atoms with Gasteiger partial charge in [-0.1, -0.05) is 0 Å². The summed E-state index contributed by atoms with van der Waals surface area (Å²) >= 11 is 0. The van der Waals surface area contributed by atoms with Crippen LogP contribution < -0.4 is 0 Å². The van der Waals surface area contributed by atoms with E-state index < -0.39 is 22.6 Å². The molecule has 0 aliphatic carbocycles. The molecule has 0 saturated carbocycles. The highest BCUT2D eigenvalue weighted by Gasteiger charge is 2.20. The number of ketones is 1. The monoisotopic (exact) mass is 315 g/mol. The van der Waals surface area contributed by atoms with Crippen molar-refractivity contribution >= 4 is 23.4 Å². The molecule has 0 aromatic heterocycles. The molecular weight excluding hydrogens is 306 g/mol. The number of non-ortho nitro benzene ring substituents is 1. The minimum absolute atomic E-state index is 0.0145. The molecule has 0 bridgehead atoms. The van der Waals surface area contributed by atoms with E-state index >= 15 is 0 Å². The number of hydrogen-bond donors (Lipinski definition) is 2. The molecule has 2 aromatic carbocycles. The Labute approximate surface area is 128 Å². The van der Waals surface area contributed by atoms with Crippen molar-refractivity contribution in [1.29, 1.82) is 0 Å². The lowest BCUT2D eigenvalue weighted by atomic mass is 9.96. The molecule has 2 N–H and O–H groups in total. The molecule has 0 unspecified atom stereocenters. The molecule has 0 radical (unpaired) electrons. The summed E-state index contributed by atoms with van der Waals surface area (Å²) in [6.45, 7) is 0. The predicted octanol–water partition coefficient (Wildman–Crippen LogP) is 2.22. The van der Waals surface area contributed by atoms with Gasteiger partial charge in [0.1, 0.15) is 0 Å². The van der Waals surface area contributed by atoms with E-state index in [-0.39, 0.29) is 27.9 Å². The normalized spacial score (nSPS) is 10.1. The van der Waals surface area contributed by atoms with Crippen LogP contribution in [0.25, 0.3) is 0 Å². The van der Waals surface area contributed by atoms with Crippen molar-refractivity contribution in [2.45, 2.75) is 0 Å². The summed E-state index contributed by atoms with van der Waals surface area (Å²) in [5, 5.41) is 28.7. The predicted molar refractivity (Wildman–Crippen MR) is 76.9 cm³/mol. The number of carboxylic acid groups (broad SMARTS) is 2. The van der Waals surface area contributed by atoms with E-state index in [1.165, 1.54) is 12.1 Å². The number of carbonyl (C=O) groups is 3. The Morgan fingerprint density at radius 3 is 1.87 bits per heavy atom. The van der Waals surface area contributed by atoms with E-state index in [2.05, 4.69) is 0 Å². The molecular formula is C15H9NO7. The van der Waals surface area contributed by atoms with Crippen LogP contribution >= 0.6 is 0 Å². The van der Waals surface area contributed by atoms with Gasteiger partial charge in [-0.15, -0.1) is 0 Å². The number of benzene rings is 2. The Bertz CT molecular complexity index is 824. The second kappa shape index (κ2) is 6.06. The number of rotatable bonds is 5. The molecule has 0 heterocycles. The summed E-state index contributed by atoms with van der Waals surface area (Å²) in [5.41, 5.74) is -1.09. The maximum Gasteiger partial charge on any atom is 0.336 e. The molecule has 116 valence electrons. The highest BCUT2D eigenvalue weighted by molar-refractivity contribution is 6.15. The van der Waals surface area contributed by atoms with Crippen LogP contribution in [0.3, 0.4) is 0 Å². The topological polar surface area (TPSA) is 135 Å². The summed E-state index contributed by atoms with van der Waals surface area (Å²) in [6.07, 6.45) is 0. The lowest BCUT2D eigenvalue weighted by Crippen LogP contribution is -2.12. The maximum atomic E-state index is 12.4. The van der Waals surface area contributed by atoms with Gasteiger partial charge in [0.25, 0.3) is 5.69 Å². The third-order valence-corrected chi connectivity index (χ3v) is 3.08. The molecule has 0 fully saturated rings. The highest BCUT2D eigenvalue weighted by atomic mass is 16.6. The Kier molecular flexibility index (Phi) is 4.17. The molecule has 23 heavy (non-hydrogen) atoms. The molecule has 0 spiro atoms. The first kappa shape index (κ1) is 15.8. The van der Waals surface area contributed by atoms with Crippen LogP contribution in [-0.4, -0.2) is 32.9 Å². The van der Waals surface area contributed by atoms with E-state index in [0.717, 1.165) is 30.3 Å². The lowest BCUT2D eigenvalue weighted by Gasteiger charge is -2.07.